The molecular weight excluding hydrogens is 420 g/mol. The SMILES string of the molecule is CCC(C)C(NC(=O)C(N)Cc1cnc[nH]1)C(=O)N1CCCC1C(=O)NC(CO)C(=O)O. The van der Waals surface area contributed by atoms with E-state index in [1.54, 1.807) is 6.20 Å². The lowest BCUT2D eigenvalue weighted by Crippen LogP contribution is -2.58. The number of aliphatic hydroxyl groups is 1. The summed E-state index contributed by atoms with van der Waals surface area (Å²) in [4.78, 5) is 57.9. The number of aliphatic hydroxyl groups excluding tert-OH is 1. The summed E-state index contributed by atoms with van der Waals surface area (Å²) in [6.07, 6.45) is 4.78. The van der Waals surface area contributed by atoms with Crippen LogP contribution in [0.25, 0.3) is 0 Å². The number of carboxylic acids is 1. The number of carbonyl (C=O) groups is 4. The first kappa shape index (κ1) is 25.3. The topological polar surface area (TPSA) is 191 Å². The molecule has 7 N–H and O–H groups in total. The van der Waals surface area contributed by atoms with Crippen molar-refractivity contribution in [3.63, 3.8) is 0 Å². The maximum Gasteiger partial charge on any atom is 0.328 e. The van der Waals surface area contributed by atoms with Gasteiger partial charge in [-0.2, -0.15) is 0 Å². The standard InChI is InChI=1S/C20H32N6O6/c1-3-11(2)16(25-17(28)13(21)7-12-8-22-10-23-12)19(30)26-6-4-5-15(26)18(29)24-14(9-27)20(31)32/h8,10-11,13-16,27H,3-7,9,21H2,1-2H3,(H,22,23)(H,24,29)(H,25,28)(H,31,32). The number of aromatic amines is 1. The van der Waals surface area contributed by atoms with Gasteiger partial charge in [0, 0.05) is 24.9 Å². The Balaban J connectivity index is 2.10. The molecule has 1 saturated heterocycles. The molecule has 0 aromatic carbocycles. The largest absolute Gasteiger partial charge is 0.480 e. The Kier molecular flexibility index (Phi) is 9.14. The molecule has 0 saturated carbocycles. The number of aromatic nitrogens is 2. The number of likely N-dealkylation sites (tertiary alicyclic amines) is 1. The summed E-state index contributed by atoms with van der Waals surface area (Å²) in [6, 6.07) is -4.11. The van der Waals surface area contributed by atoms with Crippen LogP contribution in [0.1, 0.15) is 38.8 Å². The lowest BCUT2D eigenvalue weighted by Gasteiger charge is -2.32. The molecule has 5 unspecified atom stereocenters. The lowest BCUT2D eigenvalue weighted by molar-refractivity contribution is -0.146. The van der Waals surface area contributed by atoms with Crippen LogP contribution in [-0.4, -0.2) is 86.1 Å². The maximum absolute atomic E-state index is 13.3. The summed E-state index contributed by atoms with van der Waals surface area (Å²) in [5.41, 5.74) is 6.69. The number of amides is 3. The van der Waals surface area contributed by atoms with E-state index in [4.69, 9.17) is 15.9 Å². The van der Waals surface area contributed by atoms with Gasteiger partial charge in [-0.15, -0.1) is 0 Å². The van der Waals surface area contributed by atoms with Crippen molar-refractivity contribution in [1.82, 2.24) is 25.5 Å². The predicted octanol–water partition coefficient (Wildman–Crippen LogP) is -1.64. The summed E-state index contributed by atoms with van der Waals surface area (Å²) in [5.74, 6) is -3.16. The molecule has 2 heterocycles. The fraction of sp³-hybridized carbons (Fsp3) is 0.650. The van der Waals surface area contributed by atoms with Crippen LogP contribution in [0.5, 0.6) is 0 Å². The minimum absolute atomic E-state index is 0.222. The van der Waals surface area contributed by atoms with E-state index in [0.29, 0.717) is 31.5 Å². The van der Waals surface area contributed by atoms with Gasteiger partial charge in [-0.1, -0.05) is 20.3 Å². The molecule has 12 nitrogen and oxygen atoms in total. The lowest BCUT2D eigenvalue weighted by atomic mass is 9.96. The van der Waals surface area contributed by atoms with Crippen LogP contribution in [0.15, 0.2) is 12.5 Å². The quantitative estimate of drug-likeness (QED) is 0.230. The third kappa shape index (κ3) is 6.26. The van der Waals surface area contributed by atoms with Crippen molar-refractivity contribution in [2.75, 3.05) is 13.2 Å². The molecule has 0 radical (unpaired) electrons. The molecule has 178 valence electrons. The zero-order chi connectivity index (χ0) is 23.8. The molecule has 12 heteroatoms. The fourth-order valence-electron chi connectivity index (χ4n) is 3.60. The molecule has 32 heavy (non-hydrogen) atoms. The second-order valence-electron chi connectivity index (χ2n) is 8.03. The molecule has 1 aliphatic heterocycles. The van der Waals surface area contributed by atoms with Crippen molar-refractivity contribution in [3.05, 3.63) is 18.2 Å². The molecule has 1 aromatic rings. The molecule has 0 spiro atoms. The van der Waals surface area contributed by atoms with E-state index < -0.39 is 54.5 Å². The molecule has 0 aliphatic carbocycles. The Morgan fingerprint density at radius 3 is 2.62 bits per heavy atom. The number of carbonyl (C=O) groups excluding carboxylic acids is 3. The second kappa shape index (κ2) is 11.6. The third-order valence-electron chi connectivity index (χ3n) is 5.74. The highest BCUT2D eigenvalue weighted by Crippen LogP contribution is 2.21. The number of nitrogens with one attached hydrogen (secondary N) is 3. The molecule has 0 bridgehead atoms. The van der Waals surface area contributed by atoms with Gasteiger partial charge in [-0.25, -0.2) is 9.78 Å². The first-order valence-corrected chi connectivity index (χ1v) is 10.7. The van der Waals surface area contributed by atoms with Crippen molar-refractivity contribution >= 4 is 23.7 Å². The van der Waals surface area contributed by atoms with Crippen molar-refractivity contribution in [2.24, 2.45) is 11.7 Å². The second-order valence-corrected chi connectivity index (χ2v) is 8.03. The monoisotopic (exact) mass is 452 g/mol. The highest BCUT2D eigenvalue weighted by Gasteiger charge is 2.40. The number of carboxylic acid groups (broad SMARTS) is 1. The van der Waals surface area contributed by atoms with Crippen LogP contribution >= 0.6 is 0 Å². The smallest absolute Gasteiger partial charge is 0.328 e. The highest BCUT2D eigenvalue weighted by molar-refractivity contribution is 5.94. The Hall–Kier alpha value is -2.99. The minimum Gasteiger partial charge on any atom is -0.480 e. The average Bonchev–Trinajstić information content (AvgIpc) is 3.46. The normalized spacial score (nSPS) is 19.6. The van der Waals surface area contributed by atoms with Gasteiger partial charge in [0.2, 0.25) is 17.7 Å². The number of hydrogen-bond acceptors (Lipinski definition) is 7. The Morgan fingerprint density at radius 1 is 1.34 bits per heavy atom. The minimum atomic E-state index is -1.45. The van der Waals surface area contributed by atoms with Crippen molar-refractivity contribution in [3.8, 4) is 0 Å². The van der Waals surface area contributed by atoms with Crippen LogP contribution in [0.2, 0.25) is 0 Å². The van der Waals surface area contributed by atoms with Gasteiger partial charge in [-0.05, 0) is 18.8 Å². The van der Waals surface area contributed by atoms with Gasteiger partial charge in [0.25, 0.3) is 0 Å². The summed E-state index contributed by atoms with van der Waals surface area (Å²) in [5, 5.41) is 23.2. The van der Waals surface area contributed by atoms with Crippen LogP contribution in [0.3, 0.4) is 0 Å². The average molecular weight is 453 g/mol. The van der Waals surface area contributed by atoms with Gasteiger partial charge in [0.1, 0.15) is 18.1 Å². The van der Waals surface area contributed by atoms with Crippen molar-refractivity contribution in [2.45, 2.75) is 63.7 Å². The number of imidazole rings is 1. The third-order valence-corrected chi connectivity index (χ3v) is 5.74. The summed E-state index contributed by atoms with van der Waals surface area (Å²) >= 11 is 0. The van der Waals surface area contributed by atoms with E-state index in [-0.39, 0.29) is 12.3 Å². The summed E-state index contributed by atoms with van der Waals surface area (Å²) in [7, 11) is 0. The molecule has 1 aliphatic rings. The van der Waals surface area contributed by atoms with E-state index in [9.17, 15) is 19.2 Å². The predicted molar refractivity (Wildman–Crippen MR) is 113 cm³/mol. The van der Waals surface area contributed by atoms with Gasteiger partial charge < -0.3 is 36.5 Å². The van der Waals surface area contributed by atoms with Gasteiger partial charge in [-0.3, -0.25) is 14.4 Å². The van der Waals surface area contributed by atoms with Crippen molar-refractivity contribution in [1.29, 1.82) is 0 Å². The van der Waals surface area contributed by atoms with Crippen LogP contribution in [-0.2, 0) is 25.6 Å². The van der Waals surface area contributed by atoms with E-state index in [1.165, 1.54) is 11.2 Å². The Bertz CT molecular complexity index is 801. The zero-order valence-corrected chi connectivity index (χ0v) is 18.3. The van der Waals surface area contributed by atoms with E-state index in [2.05, 4.69) is 20.6 Å². The maximum atomic E-state index is 13.3. The molecule has 1 fully saturated rings. The molecule has 1 aromatic heterocycles. The number of nitrogens with two attached hydrogens (primary N) is 1. The first-order chi connectivity index (χ1) is 15.2. The fourth-order valence-corrected chi connectivity index (χ4v) is 3.60. The number of aliphatic carboxylic acids is 1. The highest BCUT2D eigenvalue weighted by atomic mass is 16.4. The van der Waals surface area contributed by atoms with Gasteiger partial charge in [0.15, 0.2) is 0 Å². The van der Waals surface area contributed by atoms with Gasteiger partial charge in [0.05, 0.1) is 19.0 Å². The number of H-pyrrole nitrogens is 1. The molecule has 5 atom stereocenters. The van der Waals surface area contributed by atoms with Crippen molar-refractivity contribution < 1.29 is 29.4 Å². The van der Waals surface area contributed by atoms with E-state index >= 15 is 0 Å². The van der Waals surface area contributed by atoms with Crippen LogP contribution in [0, 0.1) is 5.92 Å². The van der Waals surface area contributed by atoms with Crippen LogP contribution < -0.4 is 16.4 Å². The molecule has 2 rings (SSSR count). The number of nitrogens with zero attached hydrogens (tertiary/aromatic N) is 2. The Labute approximate surface area is 185 Å². The van der Waals surface area contributed by atoms with Crippen LogP contribution in [0.4, 0.5) is 0 Å². The molecular formula is C20H32N6O6. The first-order valence-electron chi connectivity index (χ1n) is 10.7. The molecule has 3 amide bonds. The van der Waals surface area contributed by atoms with Gasteiger partial charge >= 0.3 is 5.97 Å². The van der Waals surface area contributed by atoms with E-state index in [0.717, 1.165) is 0 Å². The number of hydrogen-bond donors (Lipinski definition) is 6. The number of rotatable bonds is 11. The summed E-state index contributed by atoms with van der Waals surface area (Å²) < 4.78 is 0. The Morgan fingerprint density at radius 2 is 2.06 bits per heavy atom. The zero-order valence-electron chi connectivity index (χ0n) is 18.3. The van der Waals surface area contributed by atoms with E-state index in [1.807, 2.05) is 13.8 Å². The summed E-state index contributed by atoms with van der Waals surface area (Å²) in [6.45, 7) is 3.24.